The lowest BCUT2D eigenvalue weighted by Gasteiger charge is -2.06. The number of aliphatic imine (C=N–C) groups is 1. The number of aromatic nitrogens is 1. The van der Waals surface area contributed by atoms with Crippen molar-refractivity contribution in [3.63, 3.8) is 0 Å². The molecule has 122 valence electrons. The number of nitrogens with one attached hydrogen (secondary N) is 1. The first-order valence-corrected chi connectivity index (χ1v) is 8.33. The average Bonchev–Trinajstić information content (AvgIpc) is 3.10. The maximum Gasteiger partial charge on any atom is 0.193 e. The van der Waals surface area contributed by atoms with E-state index < -0.39 is 0 Å². The molecule has 0 fully saturated rings. The number of methoxy groups -OCH3 is 1. The third-order valence-electron chi connectivity index (χ3n) is 3.33. The van der Waals surface area contributed by atoms with E-state index >= 15 is 0 Å². The minimum atomic E-state index is 0.345. The Morgan fingerprint density at radius 3 is 2.83 bits per heavy atom. The van der Waals surface area contributed by atoms with Crippen LogP contribution >= 0.6 is 11.3 Å². The zero-order chi connectivity index (χ0) is 16.8. The van der Waals surface area contributed by atoms with Gasteiger partial charge in [-0.25, -0.2) is 9.98 Å². The van der Waals surface area contributed by atoms with Crippen molar-refractivity contribution in [2.24, 2.45) is 10.7 Å². The van der Waals surface area contributed by atoms with Crippen molar-refractivity contribution >= 4 is 23.0 Å². The van der Waals surface area contributed by atoms with E-state index in [1.54, 1.807) is 18.4 Å². The number of benzene rings is 2. The molecule has 0 unspecified atom stereocenters. The molecule has 0 radical (unpaired) electrons. The zero-order valence-electron chi connectivity index (χ0n) is 13.3. The summed E-state index contributed by atoms with van der Waals surface area (Å²) in [6.45, 7) is 0.437. The van der Waals surface area contributed by atoms with Gasteiger partial charge in [-0.1, -0.05) is 36.4 Å². The maximum atomic E-state index is 5.94. The van der Waals surface area contributed by atoms with Gasteiger partial charge in [0.25, 0.3) is 0 Å². The lowest BCUT2D eigenvalue weighted by Crippen LogP contribution is -2.22. The number of thiazole rings is 1. The molecule has 1 heterocycles. The van der Waals surface area contributed by atoms with Crippen molar-refractivity contribution in [2.45, 2.75) is 6.54 Å². The van der Waals surface area contributed by atoms with Gasteiger partial charge in [-0.3, -0.25) is 0 Å². The summed E-state index contributed by atoms with van der Waals surface area (Å²) in [6.07, 6.45) is 0. The zero-order valence-corrected chi connectivity index (χ0v) is 14.1. The van der Waals surface area contributed by atoms with Crippen molar-refractivity contribution in [2.75, 3.05) is 12.4 Å². The van der Waals surface area contributed by atoms with Crippen molar-refractivity contribution < 1.29 is 4.74 Å². The van der Waals surface area contributed by atoms with Crippen LogP contribution in [0.4, 0.5) is 5.69 Å². The van der Waals surface area contributed by atoms with Gasteiger partial charge in [-0.2, -0.15) is 0 Å². The average molecular weight is 338 g/mol. The SMILES string of the molecule is COc1cccc(NC(N)=NCc2csc(-c3ccccc3)n2)c1. The molecular weight excluding hydrogens is 320 g/mol. The smallest absolute Gasteiger partial charge is 0.193 e. The molecule has 0 aliphatic heterocycles. The highest BCUT2D eigenvalue weighted by Gasteiger charge is 2.04. The normalized spacial score (nSPS) is 11.3. The van der Waals surface area contributed by atoms with E-state index in [1.807, 2.05) is 60.0 Å². The molecule has 0 bridgehead atoms. The molecule has 3 rings (SSSR count). The molecule has 6 heteroatoms. The highest BCUT2D eigenvalue weighted by molar-refractivity contribution is 7.13. The lowest BCUT2D eigenvalue weighted by molar-refractivity contribution is 0.415. The lowest BCUT2D eigenvalue weighted by atomic mass is 10.2. The minimum Gasteiger partial charge on any atom is -0.497 e. The molecule has 2 aromatic carbocycles. The number of nitrogens with zero attached hydrogens (tertiary/aromatic N) is 2. The molecule has 0 aliphatic carbocycles. The van der Waals surface area contributed by atoms with E-state index in [4.69, 9.17) is 10.5 Å². The standard InChI is InChI=1S/C18H18N4OS/c1-23-16-9-5-8-14(10-16)22-18(19)20-11-15-12-24-17(21-15)13-6-3-2-4-7-13/h2-10,12H,11H2,1H3,(H3,19,20,22). The van der Waals surface area contributed by atoms with Crippen molar-refractivity contribution in [1.29, 1.82) is 0 Å². The van der Waals surface area contributed by atoms with E-state index in [0.717, 1.165) is 27.7 Å². The van der Waals surface area contributed by atoms with Crippen LogP contribution in [0.15, 0.2) is 65.0 Å². The summed E-state index contributed by atoms with van der Waals surface area (Å²) in [5, 5.41) is 6.04. The highest BCUT2D eigenvalue weighted by Crippen LogP contribution is 2.23. The Bertz CT molecular complexity index is 830. The number of anilines is 1. The fraction of sp³-hybridized carbons (Fsp3) is 0.111. The Balaban J connectivity index is 1.64. The topological polar surface area (TPSA) is 72.5 Å². The van der Waals surface area contributed by atoms with Gasteiger partial charge in [-0.15, -0.1) is 11.3 Å². The van der Waals surface area contributed by atoms with E-state index in [0.29, 0.717) is 12.5 Å². The van der Waals surface area contributed by atoms with E-state index in [9.17, 15) is 0 Å². The molecular formula is C18H18N4OS. The first-order valence-electron chi connectivity index (χ1n) is 7.45. The molecule has 3 N–H and O–H groups in total. The number of rotatable bonds is 5. The van der Waals surface area contributed by atoms with Gasteiger partial charge in [0.2, 0.25) is 0 Å². The second kappa shape index (κ2) is 7.61. The highest BCUT2D eigenvalue weighted by atomic mass is 32.1. The van der Waals surface area contributed by atoms with Crippen molar-refractivity contribution in [1.82, 2.24) is 4.98 Å². The first kappa shape index (κ1) is 16.0. The summed E-state index contributed by atoms with van der Waals surface area (Å²) >= 11 is 1.61. The van der Waals surface area contributed by atoms with Gasteiger partial charge in [-0.05, 0) is 12.1 Å². The Kier molecular flexibility index (Phi) is 5.08. The second-order valence-corrected chi connectivity index (χ2v) is 5.93. The van der Waals surface area contributed by atoms with E-state index in [1.165, 1.54) is 0 Å². The van der Waals surface area contributed by atoms with Crippen LogP contribution in [-0.2, 0) is 6.54 Å². The first-order chi connectivity index (χ1) is 11.7. The van der Waals surface area contributed by atoms with Crippen LogP contribution in [0.3, 0.4) is 0 Å². The predicted octanol–water partition coefficient (Wildman–Crippen LogP) is 3.75. The van der Waals surface area contributed by atoms with E-state index in [2.05, 4.69) is 15.3 Å². The Labute approximate surface area is 144 Å². The summed E-state index contributed by atoms with van der Waals surface area (Å²) in [5.41, 5.74) is 8.78. The molecule has 3 aromatic rings. The summed E-state index contributed by atoms with van der Waals surface area (Å²) in [6, 6.07) is 17.6. The molecule has 0 aliphatic rings. The number of hydrogen-bond donors (Lipinski definition) is 2. The fourth-order valence-electron chi connectivity index (χ4n) is 2.15. The summed E-state index contributed by atoms with van der Waals surface area (Å²) in [7, 11) is 1.63. The third-order valence-corrected chi connectivity index (χ3v) is 4.27. The third kappa shape index (κ3) is 4.11. The van der Waals surface area contributed by atoms with Crippen LogP contribution in [0.1, 0.15) is 5.69 Å². The molecule has 0 atom stereocenters. The van der Waals surface area contributed by atoms with Crippen molar-refractivity contribution in [3.05, 3.63) is 65.7 Å². The van der Waals surface area contributed by atoms with Gasteiger partial charge in [0, 0.05) is 22.7 Å². The van der Waals surface area contributed by atoms with E-state index in [-0.39, 0.29) is 0 Å². The van der Waals surface area contributed by atoms with Crippen LogP contribution in [0.5, 0.6) is 5.75 Å². The number of ether oxygens (including phenoxy) is 1. The molecule has 0 saturated carbocycles. The molecule has 0 spiro atoms. The maximum absolute atomic E-state index is 5.94. The largest absolute Gasteiger partial charge is 0.497 e. The van der Waals surface area contributed by atoms with Crippen LogP contribution in [0.2, 0.25) is 0 Å². The summed E-state index contributed by atoms with van der Waals surface area (Å²) in [4.78, 5) is 8.93. The Morgan fingerprint density at radius 2 is 2.04 bits per heavy atom. The number of hydrogen-bond acceptors (Lipinski definition) is 4. The Morgan fingerprint density at radius 1 is 1.21 bits per heavy atom. The number of guanidine groups is 1. The van der Waals surface area contributed by atoms with Gasteiger partial charge < -0.3 is 15.8 Å². The molecule has 5 nitrogen and oxygen atoms in total. The van der Waals surface area contributed by atoms with Gasteiger partial charge in [0.1, 0.15) is 10.8 Å². The summed E-state index contributed by atoms with van der Waals surface area (Å²) < 4.78 is 5.18. The molecule has 0 saturated heterocycles. The molecule has 0 amide bonds. The summed E-state index contributed by atoms with van der Waals surface area (Å²) in [5.74, 6) is 1.11. The van der Waals surface area contributed by atoms with Crippen LogP contribution in [-0.4, -0.2) is 18.1 Å². The van der Waals surface area contributed by atoms with Gasteiger partial charge in [0.05, 0.1) is 19.3 Å². The monoisotopic (exact) mass is 338 g/mol. The minimum absolute atomic E-state index is 0.345. The van der Waals surface area contributed by atoms with Crippen LogP contribution in [0.25, 0.3) is 10.6 Å². The van der Waals surface area contributed by atoms with Crippen molar-refractivity contribution in [3.8, 4) is 16.3 Å². The van der Waals surface area contributed by atoms with Crippen LogP contribution in [0, 0.1) is 0 Å². The van der Waals surface area contributed by atoms with Gasteiger partial charge in [0.15, 0.2) is 5.96 Å². The fourth-order valence-corrected chi connectivity index (χ4v) is 2.96. The molecule has 24 heavy (non-hydrogen) atoms. The molecule has 1 aromatic heterocycles. The quantitative estimate of drug-likeness (QED) is 0.549. The second-order valence-electron chi connectivity index (χ2n) is 5.07. The van der Waals surface area contributed by atoms with Gasteiger partial charge >= 0.3 is 0 Å². The Hall–Kier alpha value is -2.86. The predicted molar refractivity (Wildman–Crippen MR) is 99.5 cm³/mol. The number of nitrogens with two attached hydrogens (primary N) is 1. The van der Waals surface area contributed by atoms with Crippen LogP contribution < -0.4 is 15.8 Å².